The average molecular weight is 640 g/mol. The van der Waals surface area contributed by atoms with Crippen LogP contribution in [0.25, 0.3) is 6.08 Å². The molecule has 10 heteroatoms. The monoisotopic (exact) mass is 639 g/mol. The fourth-order valence-corrected chi connectivity index (χ4v) is 5.54. The topological polar surface area (TPSA) is 115 Å². The minimum Gasteiger partial charge on any atom is -0.496 e. The van der Waals surface area contributed by atoms with Gasteiger partial charge in [0.25, 0.3) is 11.8 Å². The molecule has 0 saturated heterocycles. The number of rotatable bonds is 13. The number of para-hydroxylation sites is 1. The van der Waals surface area contributed by atoms with Crippen LogP contribution in [0.15, 0.2) is 102 Å². The third kappa shape index (κ3) is 8.70. The Balaban J connectivity index is 1.60. The molecule has 1 atom stereocenters. The predicted octanol–water partition coefficient (Wildman–Crippen LogP) is 6.94. The molecule has 4 aromatic rings. The van der Waals surface area contributed by atoms with Gasteiger partial charge in [-0.3, -0.25) is 14.4 Å². The van der Waals surface area contributed by atoms with Gasteiger partial charge in [0, 0.05) is 33.5 Å². The van der Waals surface area contributed by atoms with Crippen LogP contribution in [0.5, 0.6) is 17.2 Å². The number of aryl methyl sites for hydroxylation is 1. The van der Waals surface area contributed by atoms with Gasteiger partial charge in [-0.2, -0.15) is 0 Å². The first-order chi connectivity index (χ1) is 22.3. The lowest BCUT2D eigenvalue weighted by Gasteiger charge is -2.17. The fourth-order valence-electron chi connectivity index (χ4n) is 4.52. The number of benzene rings is 4. The van der Waals surface area contributed by atoms with E-state index in [4.69, 9.17) is 14.2 Å². The second-order valence-electron chi connectivity index (χ2n) is 10.1. The van der Waals surface area contributed by atoms with Gasteiger partial charge in [0.05, 0.1) is 26.6 Å². The normalized spacial score (nSPS) is 11.6. The van der Waals surface area contributed by atoms with Crippen LogP contribution in [0.3, 0.4) is 0 Å². The molecule has 3 amide bonds. The standard InChI is InChI=1S/C36H37N3O6S/c1-6-33(36(42)38-28-18-11-10-13-23(28)2)46-27-17-12-16-26(21-27)37-35(41)29(39-34(40)24-14-8-7-9-15-24)19-25-20-31(44-4)32(45-5)22-30(25)43-3/h7-22,33H,6H2,1-5H3,(H,37,41)(H,38,42)(H,39,40)/b29-19+. The number of methoxy groups -OCH3 is 3. The molecule has 0 aromatic heterocycles. The number of hydrogen-bond acceptors (Lipinski definition) is 7. The van der Waals surface area contributed by atoms with Crippen LogP contribution in [-0.2, 0) is 9.59 Å². The molecule has 0 spiro atoms. The van der Waals surface area contributed by atoms with Crippen molar-refractivity contribution in [3.8, 4) is 17.2 Å². The van der Waals surface area contributed by atoms with E-state index in [0.717, 1.165) is 16.1 Å². The second kappa shape index (κ2) is 16.2. The predicted molar refractivity (Wildman–Crippen MR) is 183 cm³/mol. The quantitative estimate of drug-likeness (QED) is 0.107. The summed E-state index contributed by atoms with van der Waals surface area (Å²) in [5, 5.41) is 8.29. The molecule has 46 heavy (non-hydrogen) atoms. The summed E-state index contributed by atoms with van der Waals surface area (Å²) >= 11 is 1.40. The highest BCUT2D eigenvalue weighted by atomic mass is 32.2. The minimum absolute atomic E-state index is 0.0264. The molecule has 3 N–H and O–H groups in total. The Labute approximate surface area is 273 Å². The van der Waals surface area contributed by atoms with E-state index in [-0.39, 0.29) is 16.9 Å². The van der Waals surface area contributed by atoms with Crippen molar-refractivity contribution in [2.75, 3.05) is 32.0 Å². The average Bonchev–Trinajstić information content (AvgIpc) is 3.08. The van der Waals surface area contributed by atoms with E-state index in [0.29, 0.717) is 40.5 Å². The first-order valence-corrected chi connectivity index (χ1v) is 15.5. The van der Waals surface area contributed by atoms with Gasteiger partial charge in [0.2, 0.25) is 5.91 Å². The second-order valence-corrected chi connectivity index (χ2v) is 11.4. The molecule has 4 aromatic carbocycles. The summed E-state index contributed by atoms with van der Waals surface area (Å²) in [5.41, 5.74) is 3.08. The van der Waals surface area contributed by atoms with Crippen LogP contribution >= 0.6 is 11.8 Å². The lowest BCUT2D eigenvalue weighted by Crippen LogP contribution is -2.30. The van der Waals surface area contributed by atoms with E-state index in [9.17, 15) is 14.4 Å². The van der Waals surface area contributed by atoms with Gasteiger partial charge < -0.3 is 30.2 Å². The maximum Gasteiger partial charge on any atom is 0.272 e. The summed E-state index contributed by atoms with van der Waals surface area (Å²) in [6, 6.07) is 26.7. The summed E-state index contributed by atoms with van der Waals surface area (Å²) in [6.45, 7) is 3.90. The molecule has 0 aliphatic heterocycles. The van der Waals surface area contributed by atoms with E-state index in [1.807, 2.05) is 44.2 Å². The van der Waals surface area contributed by atoms with Gasteiger partial charge in [0.1, 0.15) is 11.4 Å². The molecular weight excluding hydrogens is 602 g/mol. The van der Waals surface area contributed by atoms with Gasteiger partial charge in [0.15, 0.2) is 11.5 Å². The number of amides is 3. The first-order valence-electron chi connectivity index (χ1n) is 14.6. The van der Waals surface area contributed by atoms with Crippen LogP contribution in [-0.4, -0.2) is 44.3 Å². The highest BCUT2D eigenvalue weighted by Gasteiger charge is 2.21. The van der Waals surface area contributed by atoms with Crippen LogP contribution < -0.4 is 30.2 Å². The molecule has 4 rings (SSSR count). The Bertz CT molecular complexity index is 1720. The van der Waals surface area contributed by atoms with Gasteiger partial charge in [-0.15, -0.1) is 11.8 Å². The molecule has 0 heterocycles. The van der Waals surface area contributed by atoms with Crippen LogP contribution in [0, 0.1) is 6.92 Å². The Morgan fingerprint density at radius 2 is 1.46 bits per heavy atom. The molecule has 0 saturated carbocycles. The summed E-state index contributed by atoms with van der Waals surface area (Å²) < 4.78 is 16.4. The van der Waals surface area contributed by atoms with E-state index in [1.165, 1.54) is 39.2 Å². The Kier molecular flexibility index (Phi) is 11.9. The number of ether oxygens (including phenoxy) is 3. The van der Waals surface area contributed by atoms with E-state index >= 15 is 0 Å². The van der Waals surface area contributed by atoms with Crippen molar-refractivity contribution in [2.24, 2.45) is 0 Å². The Morgan fingerprint density at radius 1 is 0.783 bits per heavy atom. The fraction of sp³-hybridized carbons (Fsp3) is 0.194. The zero-order valence-corrected chi connectivity index (χ0v) is 27.2. The largest absolute Gasteiger partial charge is 0.496 e. The first kappa shape index (κ1) is 33.7. The number of hydrogen-bond donors (Lipinski definition) is 3. The van der Waals surface area contributed by atoms with Gasteiger partial charge in [-0.05, 0) is 67.4 Å². The third-order valence-electron chi connectivity index (χ3n) is 7.00. The summed E-state index contributed by atoms with van der Waals surface area (Å²) in [4.78, 5) is 40.8. The Morgan fingerprint density at radius 3 is 2.13 bits per heavy atom. The van der Waals surface area contributed by atoms with E-state index in [2.05, 4.69) is 16.0 Å². The SMILES string of the molecule is CCC(Sc1cccc(NC(=O)/C(=C\c2cc(OC)c(OC)cc2OC)NC(=O)c2ccccc2)c1)C(=O)Nc1ccccc1C. The van der Waals surface area contributed by atoms with Crippen LogP contribution in [0.4, 0.5) is 11.4 Å². The van der Waals surface area contributed by atoms with Crippen LogP contribution in [0.2, 0.25) is 0 Å². The lowest BCUT2D eigenvalue weighted by molar-refractivity contribution is -0.116. The smallest absolute Gasteiger partial charge is 0.272 e. The van der Waals surface area contributed by atoms with E-state index < -0.39 is 11.8 Å². The molecule has 0 aliphatic carbocycles. The van der Waals surface area contributed by atoms with Crippen LogP contribution in [0.1, 0.15) is 34.8 Å². The zero-order chi connectivity index (χ0) is 33.1. The number of nitrogens with one attached hydrogen (secondary N) is 3. The summed E-state index contributed by atoms with van der Waals surface area (Å²) in [5.74, 6) is 0.149. The van der Waals surface area contributed by atoms with Crippen molar-refractivity contribution in [2.45, 2.75) is 30.4 Å². The number of thioether (sulfide) groups is 1. The molecule has 0 bridgehead atoms. The maximum absolute atomic E-state index is 13.7. The minimum atomic E-state index is -0.562. The summed E-state index contributed by atoms with van der Waals surface area (Å²) in [7, 11) is 4.51. The molecule has 238 valence electrons. The third-order valence-corrected chi connectivity index (χ3v) is 8.36. The zero-order valence-electron chi connectivity index (χ0n) is 26.4. The molecule has 0 radical (unpaired) electrons. The molecule has 9 nitrogen and oxygen atoms in total. The molecular formula is C36H37N3O6S. The van der Waals surface area contributed by atoms with Gasteiger partial charge in [-0.25, -0.2) is 0 Å². The summed E-state index contributed by atoms with van der Waals surface area (Å²) in [6.07, 6.45) is 2.11. The number of anilines is 2. The van der Waals surface area contributed by atoms with Crippen molar-refractivity contribution >= 4 is 46.9 Å². The number of carbonyl (C=O) groups excluding carboxylic acids is 3. The molecule has 0 fully saturated rings. The van der Waals surface area contributed by atoms with Crippen molar-refractivity contribution in [3.63, 3.8) is 0 Å². The molecule has 1 unspecified atom stereocenters. The van der Waals surface area contributed by atoms with Crippen molar-refractivity contribution in [1.29, 1.82) is 0 Å². The highest BCUT2D eigenvalue weighted by molar-refractivity contribution is 8.00. The molecule has 0 aliphatic rings. The lowest BCUT2D eigenvalue weighted by atomic mass is 10.1. The van der Waals surface area contributed by atoms with Gasteiger partial charge in [-0.1, -0.05) is 49.4 Å². The Hall–Kier alpha value is -5.22. The van der Waals surface area contributed by atoms with E-state index in [1.54, 1.807) is 60.7 Å². The van der Waals surface area contributed by atoms with Gasteiger partial charge >= 0.3 is 0 Å². The number of carbonyl (C=O) groups is 3. The maximum atomic E-state index is 13.7. The van der Waals surface area contributed by atoms with Crippen molar-refractivity contribution in [1.82, 2.24) is 5.32 Å². The highest BCUT2D eigenvalue weighted by Crippen LogP contribution is 2.36. The van der Waals surface area contributed by atoms with Crippen molar-refractivity contribution < 1.29 is 28.6 Å². The van der Waals surface area contributed by atoms with Crippen molar-refractivity contribution in [3.05, 3.63) is 113 Å².